The zero-order chi connectivity index (χ0) is 18.4. The molecule has 0 atom stereocenters. The molecule has 132 valence electrons. The molecule has 2 amide bonds. The zero-order valence-electron chi connectivity index (χ0n) is 14.3. The molecule has 0 aliphatic heterocycles. The first-order valence-electron chi connectivity index (χ1n) is 7.72. The summed E-state index contributed by atoms with van der Waals surface area (Å²) in [4.78, 5) is 23.8. The number of nitrogens with two attached hydrogens (primary N) is 1. The lowest BCUT2D eigenvalue weighted by Gasteiger charge is -2.14. The first kappa shape index (κ1) is 18.1. The van der Waals surface area contributed by atoms with Gasteiger partial charge in [-0.1, -0.05) is 0 Å². The molecule has 0 aromatic heterocycles. The van der Waals surface area contributed by atoms with E-state index >= 15 is 0 Å². The van der Waals surface area contributed by atoms with Crippen molar-refractivity contribution >= 4 is 23.4 Å². The van der Waals surface area contributed by atoms with Crippen molar-refractivity contribution in [2.24, 2.45) is 0 Å². The van der Waals surface area contributed by atoms with Gasteiger partial charge in [-0.05, 0) is 56.3 Å². The first-order chi connectivity index (χ1) is 11.9. The van der Waals surface area contributed by atoms with Crippen molar-refractivity contribution in [3.05, 3.63) is 48.0 Å². The van der Waals surface area contributed by atoms with Gasteiger partial charge in [-0.2, -0.15) is 0 Å². The highest BCUT2D eigenvalue weighted by Gasteiger charge is 2.16. The standard InChI is InChI=1S/C18H21N3O4/c1-11(2)20-18(23)21-13-6-9-16(15(10-13)17(22)24-3)25-14-7-4-12(19)5-8-14/h4-11H,19H2,1-3H3,(H2,20,21,23). The van der Waals surface area contributed by atoms with Gasteiger partial charge in [0.25, 0.3) is 0 Å². The lowest BCUT2D eigenvalue weighted by molar-refractivity contribution is 0.0598. The fraction of sp³-hybridized carbons (Fsp3) is 0.222. The molecule has 0 saturated carbocycles. The lowest BCUT2D eigenvalue weighted by atomic mass is 10.1. The molecular formula is C18H21N3O4. The molecule has 4 N–H and O–H groups in total. The smallest absolute Gasteiger partial charge is 0.341 e. The molecule has 0 aliphatic rings. The summed E-state index contributed by atoms with van der Waals surface area (Å²) in [6.45, 7) is 3.70. The number of benzene rings is 2. The molecule has 0 saturated heterocycles. The molecule has 7 heteroatoms. The minimum absolute atomic E-state index is 0.00630. The number of esters is 1. The quantitative estimate of drug-likeness (QED) is 0.570. The van der Waals surface area contributed by atoms with Crippen molar-refractivity contribution in [1.29, 1.82) is 0 Å². The highest BCUT2D eigenvalue weighted by atomic mass is 16.5. The summed E-state index contributed by atoms with van der Waals surface area (Å²) in [7, 11) is 1.28. The molecule has 0 fully saturated rings. The van der Waals surface area contributed by atoms with Gasteiger partial charge in [-0.25, -0.2) is 9.59 Å². The summed E-state index contributed by atoms with van der Waals surface area (Å²) in [6, 6.07) is 11.1. The van der Waals surface area contributed by atoms with Crippen LogP contribution in [-0.2, 0) is 4.74 Å². The molecule has 7 nitrogen and oxygen atoms in total. The van der Waals surface area contributed by atoms with Crippen LogP contribution in [0.2, 0.25) is 0 Å². The van der Waals surface area contributed by atoms with Gasteiger partial charge in [-0.3, -0.25) is 0 Å². The Kier molecular flexibility index (Phi) is 5.84. The molecule has 0 radical (unpaired) electrons. The average molecular weight is 343 g/mol. The Bertz CT molecular complexity index is 757. The third kappa shape index (κ3) is 5.13. The van der Waals surface area contributed by atoms with E-state index in [4.69, 9.17) is 15.2 Å². The number of nitrogen functional groups attached to an aromatic ring is 1. The Morgan fingerprint density at radius 1 is 1.08 bits per heavy atom. The van der Waals surface area contributed by atoms with Crippen LogP contribution in [0.3, 0.4) is 0 Å². The minimum Gasteiger partial charge on any atom is -0.465 e. The number of hydrogen-bond acceptors (Lipinski definition) is 5. The van der Waals surface area contributed by atoms with Crippen molar-refractivity contribution in [3.63, 3.8) is 0 Å². The van der Waals surface area contributed by atoms with Crippen LogP contribution in [0.5, 0.6) is 11.5 Å². The van der Waals surface area contributed by atoms with Crippen LogP contribution >= 0.6 is 0 Å². The molecule has 0 spiro atoms. The topological polar surface area (TPSA) is 103 Å². The van der Waals surface area contributed by atoms with E-state index < -0.39 is 5.97 Å². The predicted molar refractivity (Wildman–Crippen MR) is 96.0 cm³/mol. The van der Waals surface area contributed by atoms with Crippen molar-refractivity contribution in [2.45, 2.75) is 19.9 Å². The van der Waals surface area contributed by atoms with Gasteiger partial charge in [0.2, 0.25) is 0 Å². The number of ether oxygens (including phenoxy) is 2. The maximum absolute atomic E-state index is 12.0. The zero-order valence-corrected chi connectivity index (χ0v) is 14.3. The third-order valence-electron chi connectivity index (χ3n) is 3.17. The number of rotatable bonds is 5. The highest BCUT2D eigenvalue weighted by molar-refractivity contribution is 5.96. The van der Waals surface area contributed by atoms with Crippen LogP contribution in [0, 0.1) is 0 Å². The molecule has 0 unspecified atom stereocenters. The second-order valence-electron chi connectivity index (χ2n) is 5.63. The van der Waals surface area contributed by atoms with Crippen molar-refractivity contribution in [2.75, 3.05) is 18.2 Å². The summed E-state index contributed by atoms with van der Waals surface area (Å²) in [5, 5.41) is 5.37. The Balaban J connectivity index is 2.25. The first-order valence-corrected chi connectivity index (χ1v) is 7.72. The number of anilines is 2. The van der Waals surface area contributed by atoms with Gasteiger partial charge in [0.1, 0.15) is 17.1 Å². The molecule has 0 heterocycles. The number of amides is 2. The summed E-state index contributed by atoms with van der Waals surface area (Å²) in [5.41, 5.74) is 6.90. The van der Waals surface area contributed by atoms with E-state index in [-0.39, 0.29) is 17.6 Å². The van der Waals surface area contributed by atoms with Crippen LogP contribution in [0.15, 0.2) is 42.5 Å². The number of hydrogen-bond donors (Lipinski definition) is 3. The van der Waals surface area contributed by atoms with E-state index in [0.29, 0.717) is 22.9 Å². The van der Waals surface area contributed by atoms with Crippen LogP contribution in [0.25, 0.3) is 0 Å². The van der Waals surface area contributed by atoms with Gasteiger partial charge < -0.3 is 25.8 Å². The van der Waals surface area contributed by atoms with Gasteiger partial charge in [-0.15, -0.1) is 0 Å². The van der Waals surface area contributed by atoms with E-state index in [1.807, 2.05) is 13.8 Å². The molecule has 2 aromatic rings. The second kappa shape index (κ2) is 8.05. The van der Waals surface area contributed by atoms with Gasteiger partial charge >= 0.3 is 12.0 Å². The highest BCUT2D eigenvalue weighted by Crippen LogP contribution is 2.29. The maximum atomic E-state index is 12.0. The summed E-state index contributed by atoms with van der Waals surface area (Å²) in [6.07, 6.45) is 0. The van der Waals surface area contributed by atoms with E-state index in [1.165, 1.54) is 13.2 Å². The molecule has 25 heavy (non-hydrogen) atoms. The Hall–Kier alpha value is -3.22. The van der Waals surface area contributed by atoms with Crippen LogP contribution in [-0.4, -0.2) is 25.2 Å². The summed E-state index contributed by atoms with van der Waals surface area (Å²) >= 11 is 0. The van der Waals surface area contributed by atoms with E-state index in [9.17, 15) is 9.59 Å². The van der Waals surface area contributed by atoms with Crippen LogP contribution in [0.4, 0.5) is 16.2 Å². The van der Waals surface area contributed by atoms with E-state index in [0.717, 1.165) is 0 Å². The molecular weight excluding hydrogens is 322 g/mol. The number of carbonyl (C=O) groups is 2. The molecule has 0 aliphatic carbocycles. The third-order valence-corrected chi connectivity index (χ3v) is 3.17. The van der Waals surface area contributed by atoms with E-state index in [2.05, 4.69) is 10.6 Å². The predicted octanol–water partition coefficient (Wildman–Crippen LogP) is 3.38. The van der Waals surface area contributed by atoms with Crippen molar-refractivity contribution in [3.8, 4) is 11.5 Å². The molecule has 0 bridgehead atoms. The van der Waals surface area contributed by atoms with Gasteiger partial charge in [0, 0.05) is 17.4 Å². The number of methoxy groups -OCH3 is 1. The number of urea groups is 1. The Labute approximate surface area is 146 Å². The lowest BCUT2D eigenvalue weighted by Crippen LogP contribution is -2.34. The van der Waals surface area contributed by atoms with Gasteiger partial charge in [0.05, 0.1) is 7.11 Å². The fourth-order valence-corrected chi connectivity index (χ4v) is 2.06. The Morgan fingerprint density at radius 3 is 2.36 bits per heavy atom. The van der Waals surface area contributed by atoms with Crippen molar-refractivity contribution in [1.82, 2.24) is 5.32 Å². The fourth-order valence-electron chi connectivity index (χ4n) is 2.06. The summed E-state index contributed by atoms with van der Waals surface area (Å²) < 4.78 is 10.5. The minimum atomic E-state index is -0.571. The largest absolute Gasteiger partial charge is 0.465 e. The monoisotopic (exact) mass is 343 g/mol. The maximum Gasteiger partial charge on any atom is 0.341 e. The SMILES string of the molecule is COC(=O)c1cc(NC(=O)NC(C)C)ccc1Oc1ccc(N)cc1. The van der Waals surface area contributed by atoms with Crippen LogP contribution in [0.1, 0.15) is 24.2 Å². The second-order valence-corrected chi connectivity index (χ2v) is 5.63. The molecule has 2 aromatic carbocycles. The van der Waals surface area contributed by atoms with Crippen molar-refractivity contribution < 1.29 is 19.1 Å². The van der Waals surface area contributed by atoms with Gasteiger partial charge in [0.15, 0.2) is 0 Å². The van der Waals surface area contributed by atoms with E-state index in [1.54, 1.807) is 36.4 Å². The number of carbonyl (C=O) groups excluding carboxylic acids is 2. The Morgan fingerprint density at radius 2 is 1.76 bits per heavy atom. The number of nitrogens with one attached hydrogen (secondary N) is 2. The molecule has 2 rings (SSSR count). The normalized spacial score (nSPS) is 10.2. The average Bonchev–Trinajstić information content (AvgIpc) is 2.56. The summed E-state index contributed by atoms with van der Waals surface area (Å²) in [5.74, 6) is 0.266. The van der Waals surface area contributed by atoms with Crippen LogP contribution < -0.4 is 21.1 Å².